The van der Waals surface area contributed by atoms with E-state index in [4.69, 9.17) is 17.3 Å². The first kappa shape index (κ1) is 24.9. The largest absolute Gasteiger partial charge is 0.507 e. The molecule has 180 valence electrons. The molecule has 0 fully saturated rings. The van der Waals surface area contributed by atoms with Gasteiger partial charge in [0.15, 0.2) is 5.82 Å². The zero-order chi connectivity index (χ0) is 25.8. The molecule has 2 aromatic heterocycles. The van der Waals surface area contributed by atoms with Crippen molar-refractivity contribution in [2.24, 2.45) is 5.73 Å². The summed E-state index contributed by atoms with van der Waals surface area (Å²) in [5, 5.41) is 28.1. The number of thiophene rings is 1. The van der Waals surface area contributed by atoms with E-state index in [2.05, 4.69) is 21.7 Å². The lowest BCUT2D eigenvalue weighted by Gasteiger charge is -2.15. The Balaban J connectivity index is 1.88. The number of benzene rings is 2. The molecule has 0 saturated carbocycles. The Kier molecular flexibility index (Phi) is 7.31. The maximum atomic E-state index is 12.8. The van der Waals surface area contributed by atoms with Crippen molar-refractivity contribution in [3.63, 3.8) is 0 Å². The van der Waals surface area contributed by atoms with Crippen molar-refractivity contribution in [3.05, 3.63) is 81.5 Å². The fraction of sp³-hybridized carbons (Fsp3) is 0.0769. The summed E-state index contributed by atoms with van der Waals surface area (Å²) < 4.78 is 0. The number of halogens is 1. The summed E-state index contributed by atoms with van der Waals surface area (Å²) in [7, 11) is 0. The van der Waals surface area contributed by atoms with Crippen LogP contribution in [-0.2, 0) is 4.79 Å². The Bertz CT molecular complexity index is 1500. The predicted octanol–water partition coefficient (Wildman–Crippen LogP) is 5.25. The van der Waals surface area contributed by atoms with Crippen LogP contribution in [0.5, 0.6) is 5.75 Å². The van der Waals surface area contributed by atoms with Gasteiger partial charge in [-0.05, 0) is 60.3 Å². The van der Waals surface area contributed by atoms with Gasteiger partial charge in [0.05, 0.1) is 16.6 Å². The van der Waals surface area contributed by atoms with Crippen molar-refractivity contribution in [2.75, 3.05) is 10.6 Å². The molecule has 0 aliphatic carbocycles. The molecule has 1 unspecified atom stereocenters. The molecule has 2 aromatic carbocycles. The molecule has 2 heterocycles. The minimum Gasteiger partial charge on any atom is -0.507 e. The SMILES string of the molecule is CC(N)C(=O)Nc1cccc(-c2cc(-c3ccc(Cl)cc3O)nc(NC(=O)c3cccs3)c2C#N)c1. The van der Waals surface area contributed by atoms with E-state index in [9.17, 15) is 20.0 Å². The van der Waals surface area contributed by atoms with E-state index in [1.807, 2.05) is 0 Å². The molecule has 0 aliphatic heterocycles. The van der Waals surface area contributed by atoms with Crippen LogP contribution in [0.25, 0.3) is 22.4 Å². The van der Waals surface area contributed by atoms with Crippen LogP contribution in [-0.4, -0.2) is 27.9 Å². The highest BCUT2D eigenvalue weighted by atomic mass is 35.5. The Labute approximate surface area is 216 Å². The van der Waals surface area contributed by atoms with Crippen LogP contribution in [0.4, 0.5) is 11.5 Å². The van der Waals surface area contributed by atoms with Crippen molar-refractivity contribution in [3.8, 4) is 34.2 Å². The van der Waals surface area contributed by atoms with Crippen LogP contribution < -0.4 is 16.4 Å². The maximum Gasteiger partial charge on any atom is 0.266 e. The first-order valence-corrected chi connectivity index (χ1v) is 12.0. The lowest BCUT2D eigenvalue weighted by Crippen LogP contribution is -2.32. The fourth-order valence-corrected chi connectivity index (χ4v) is 4.22. The van der Waals surface area contributed by atoms with E-state index >= 15 is 0 Å². The lowest BCUT2D eigenvalue weighted by atomic mass is 9.97. The lowest BCUT2D eigenvalue weighted by molar-refractivity contribution is -0.117. The van der Waals surface area contributed by atoms with Crippen molar-refractivity contribution in [1.29, 1.82) is 5.26 Å². The quantitative estimate of drug-likeness (QED) is 0.275. The van der Waals surface area contributed by atoms with E-state index in [-0.39, 0.29) is 23.0 Å². The summed E-state index contributed by atoms with van der Waals surface area (Å²) in [4.78, 5) is 29.8. The second-order valence-electron chi connectivity index (χ2n) is 7.84. The second-order valence-corrected chi connectivity index (χ2v) is 9.23. The van der Waals surface area contributed by atoms with E-state index in [1.165, 1.54) is 17.4 Å². The summed E-state index contributed by atoms with van der Waals surface area (Å²) in [6.07, 6.45) is 0. The monoisotopic (exact) mass is 517 g/mol. The van der Waals surface area contributed by atoms with Crippen LogP contribution in [0.2, 0.25) is 5.02 Å². The van der Waals surface area contributed by atoms with Crippen LogP contribution in [0.3, 0.4) is 0 Å². The molecule has 0 saturated heterocycles. The smallest absolute Gasteiger partial charge is 0.266 e. The summed E-state index contributed by atoms with van der Waals surface area (Å²) >= 11 is 7.25. The molecule has 0 spiro atoms. The van der Waals surface area contributed by atoms with Crippen molar-refractivity contribution in [2.45, 2.75) is 13.0 Å². The van der Waals surface area contributed by atoms with Gasteiger partial charge in [-0.3, -0.25) is 9.59 Å². The highest BCUT2D eigenvalue weighted by molar-refractivity contribution is 7.12. The van der Waals surface area contributed by atoms with Gasteiger partial charge in [0, 0.05) is 21.8 Å². The van der Waals surface area contributed by atoms with Crippen molar-refractivity contribution in [1.82, 2.24) is 4.98 Å². The van der Waals surface area contributed by atoms with Crippen LogP contribution in [0, 0.1) is 11.3 Å². The third-order valence-electron chi connectivity index (χ3n) is 5.20. The first-order chi connectivity index (χ1) is 17.3. The normalized spacial score (nSPS) is 11.4. The number of nitriles is 1. The molecule has 1 atom stereocenters. The standard InChI is InChI=1S/C26H20ClN5O3S/c1-14(29)25(34)30-17-5-2-4-15(10-17)19-12-21(18-8-7-16(27)11-22(18)33)31-24(20(19)13-28)32-26(35)23-6-3-9-36-23/h2-12,14,33H,29H2,1H3,(H,30,34)(H,31,32,35). The van der Waals surface area contributed by atoms with Gasteiger partial charge < -0.3 is 21.5 Å². The molecular weight excluding hydrogens is 498 g/mol. The van der Waals surface area contributed by atoms with E-state index in [0.717, 1.165) is 0 Å². The molecule has 0 radical (unpaired) electrons. The zero-order valence-corrected chi connectivity index (χ0v) is 20.5. The van der Waals surface area contributed by atoms with Gasteiger partial charge in [-0.15, -0.1) is 11.3 Å². The Morgan fingerprint density at radius 2 is 1.92 bits per heavy atom. The number of anilines is 2. The summed E-state index contributed by atoms with van der Waals surface area (Å²) in [6.45, 7) is 1.57. The number of amides is 2. The van der Waals surface area contributed by atoms with Crippen LogP contribution in [0.1, 0.15) is 22.2 Å². The number of pyridine rings is 1. The van der Waals surface area contributed by atoms with E-state index in [1.54, 1.807) is 66.9 Å². The van der Waals surface area contributed by atoms with E-state index < -0.39 is 11.9 Å². The number of hydrogen-bond donors (Lipinski definition) is 4. The van der Waals surface area contributed by atoms with Gasteiger partial charge >= 0.3 is 0 Å². The molecule has 8 nitrogen and oxygen atoms in total. The highest BCUT2D eigenvalue weighted by Crippen LogP contribution is 2.37. The molecule has 4 rings (SSSR count). The third-order valence-corrected chi connectivity index (χ3v) is 6.30. The number of carbonyl (C=O) groups excluding carboxylic acids is 2. The number of phenolic OH excluding ortho intramolecular Hbond substituents is 1. The molecule has 5 N–H and O–H groups in total. The maximum absolute atomic E-state index is 12.8. The van der Waals surface area contributed by atoms with Gasteiger partial charge in [-0.2, -0.15) is 5.26 Å². The number of hydrogen-bond acceptors (Lipinski definition) is 7. The number of phenols is 1. The summed E-state index contributed by atoms with van der Waals surface area (Å²) in [6, 6.07) is 17.9. The average Bonchev–Trinajstić information content (AvgIpc) is 3.39. The van der Waals surface area contributed by atoms with Gasteiger partial charge in [0.1, 0.15) is 17.4 Å². The molecule has 4 aromatic rings. The molecule has 2 amide bonds. The fourth-order valence-electron chi connectivity index (χ4n) is 3.43. The zero-order valence-electron chi connectivity index (χ0n) is 18.9. The molecule has 0 aliphatic rings. The second kappa shape index (κ2) is 10.6. The van der Waals surface area contributed by atoms with Gasteiger partial charge in [-0.25, -0.2) is 4.98 Å². The van der Waals surface area contributed by atoms with Gasteiger partial charge in [-0.1, -0.05) is 29.8 Å². The molecular formula is C26H20ClN5O3S. The number of nitrogens with zero attached hydrogens (tertiary/aromatic N) is 2. The Morgan fingerprint density at radius 3 is 2.58 bits per heavy atom. The Morgan fingerprint density at radius 1 is 1.11 bits per heavy atom. The van der Waals surface area contributed by atoms with Crippen molar-refractivity contribution < 1.29 is 14.7 Å². The number of aromatic nitrogens is 1. The van der Waals surface area contributed by atoms with Crippen LogP contribution in [0.15, 0.2) is 66.0 Å². The van der Waals surface area contributed by atoms with E-state index in [0.29, 0.717) is 38.0 Å². The van der Waals surface area contributed by atoms with Crippen LogP contribution >= 0.6 is 22.9 Å². The van der Waals surface area contributed by atoms with Gasteiger partial charge in [0.2, 0.25) is 5.91 Å². The number of nitrogens with two attached hydrogens (primary N) is 1. The minimum atomic E-state index is -0.706. The number of aromatic hydroxyl groups is 1. The predicted molar refractivity (Wildman–Crippen MR) is 141 cm³/mol. The molecule has 10 heteroatoms. The Hall–Kier alpha value is -4.23. The number of carbonyl (C=O) groups is 2. The van der Waals surface area contributed by atoms with Crippen molar-refractivity contribution >= 4 is 46.3 Å². The average molecular weight is 518 g/mol. The topological polar surface area (TPSA) is 141 Å². The third kappa shape index (κ3) is 5.37. The van der Waals surface area contributed by atoms with Gasteiger partial charge in [0.25, 0.3) is 5.91 Å². The summed E-state index contributed by atoms with van der Waals surface area (Å²) in [5.41, 5.74) is 7.95. The highest BCUT2D eigenvalue weighted by Gasteiger charge is 2.20. The number of nitrogens with one attached hydrogen (secondary N) is 2. The molecule has 36 heavy (non-hydrogen) atoms. The number of rotatable bonds is 6. The summed E-state index contributed by atoms with van der Waals surface area (Å²) in [5.74, 6) is -0.865. The first-order valence-electron chi connectivity index (χ1n) is 10.7. The minimum absolute atomic E-state index is 0.0303. The molecule has 0 bridgehead atoms.